The predicted octanol–water partition coefficient (Wildman–Crippen LogP) is 2.36. The Kier molecular flexibility index (Phi) is 16.3. The van der Waals surface area contributed by atoms with Crippen molar-refractivity contribution < 1.29 is 12.8 Å². The summed E-state index contributed by atoms with van der Waals surface area (Å²) in [6, 6.07) is 0. The molecule has 0 spiro atoms. The van der Waals surface area contributed by atoms with Crippen LogP contribution in [0.15, 0.2) is 0 Å². The summed E-state index contributed by atoms with van der Waals surface area (Å²) >= 11 is 4.87. The average molecular weight is 239 g/mol. The Morgan fingerprint density at radius 1 is 1.50 bits per heavy atom. The molecule has 0 nitrogen and oxygen atoms in total. The van der Waals surface area contributed by atoms with Gasteiger partial charge in [0.15, 0.2) is 0 Å². The van der Waals surface area contributed by atoms with E-state index in [1.165, 1.54) is 0 Å². The van der Waals surface area contributed by atoms with Crippen LogP contribution >= 0.6 is 20.3 Å². The Balaban J connectivity index is 0. The van der Waals surface area contributed by atoms with E-state index in [-0.39, 0.29) is 0 Å². The van der Waals surface area contributed by atoms with Gasteiger partial charge in [0, 0.05) is 0 Å². The summed E-state index contributed by atoms with van der Waals surface area (Å²) in [7, 11) is 0. The van der Waals surface area contributed by atoms with Gasteiger partial charge in [-0.1, -0.05) is 13.8 Å². The molecule has 0 unspecified atom stereocenters. The van der Waals surface area contributed by atoms with Crippen molar-refractivity contribution in [2.45, 2.75) is 13.8 Å². The van der Waals surface area contributed by atoms with Crippen molar-refractivity contribution in [3.05, 3.63) is 6.92 Å². The molecule has 0 N–H and O–H groups in total. The number of hydrogen-bond acceptors (Lipinski definition) is 0. The van der Waals surface area contributed by atoms with Gasteiger partial charge in [-0.3, -0.25) is 0 Å². The van der Waals surface area contributed by atoms with Crippen LogP contribution in [-0.4, -0.2) is 0 Å². The van der Waals surface area contributed by atoms with Crippen LogP contribution < -0.4 is 0 Å². The van der Waals surface area contributed by atoms with Gasteiger partial charge in [0.25, 0.3) is 0 Å². The SMILES string of the molecule is [CH2-]C(C)C.[Mn+][I]. The minimum atomic E-state index is 0.583. The molecule has 0 atom stereocenters. The van der Waals surface area contributed by atoms with E-state index >= 15 is 0 Å². The molecule has 6 heavy (non-hydrogen) atoms. The monoisotopic (exact) mass is 239 g/mol. The van der Waals surface area contributed by atoms with Gasteiger partial charge in [-0.2, -0.15) is 5.92 Å². The van der Waals surface area contributed by atoms with Crippen molar-refractivity contribution in [3.8, 4) is 0 Å². The molecule has 0 aromatic heterocycles. The normalized spacial score (nSPS) is 6.83. The Labute approximate surface area is 59.6 Å². The third-order valence-electron chi connectivity index (χ3n) is 0. The summed E-state index contributed by atoms with van der Waals surface area (Å²) in [6.07, 6.45) is 0. The third-order valence-corrected chi connectivity index (χ3v) is 0. The Morgan fingerprint density at radius 3 is 1.50 bits per heavy atom. The fourth-order valence-corrected chi connectivity index (χ4v) is 0. The van der Waals surface area contributed by atoms with Crippen molar-refractivity contribution in [1.29, 1.82) is 0 Å². The van der Waals surface area contributed by atoms with Crippen molar-refractivity contribution in [1.82, 2.24) is 0 Å². The second kappa shape index (κ2) is 9.54. The summed E-state index contributed by atoms with van der Waals surface area (Å²) < 4.78 is 0. The quantitative estimate of drug-likeness (QED) is 0.346. The van der Waals surface area contributed by atoms with Crippen LogP contribution in [0.1, 0.15) is 13.8 Å². The van der Waals surface area contributed by atoms with Crippen LogP contribution in [0.25, 0.3) is 0 Å². The van der Waals surface area contributed by atoms with Crippen LogP contribution in [0.5, 0.6) is 0 Å². The van der Waals surface area contributed by atoms with Crippen LogP contribution in [0.2, 0.25) is 0 Å². The van der Waals surface area contributed by atoms with Crippen molar-refractivity contribution >= 4 is 20.3 Å². The van der Waals surface area contributed by atoms with E-state index in [9.17, 15) is 0 Å². The summed E-state index contributed by atoms with van der Waals surface area (Å²) in [5.41, 5.74) is 0. The fraction of sp³-hybridized carbons (Fsp3) is 0.750. The van der Waals surface area contributed by atoms with E-state index in [0.29, 0.717) is 5.92 Å². The van der Waals surface area contributed by atoms with Crippen LogP contribution in [-0.2, 0) is 12.8 Å². The molecule has 0 fully saturated rings. The van der Waals surface area contributed by atoms with E-state index in [4.69, 9.17) is 0 Å². The third kappa shape index (κ3) is 60.7. The van der Waals surface area contributed by atoms with Gasteiger partial charge < -0.3 is 6.92 Å². The molecule has 39 valence electrons. The first kappa shape index (κ1) is 10.3. The first-order valence-corrected chi connectivity index (χ1v) is 5.51. The van der Waals surface area contributed by atoms with Gasteiger partial charge in [0.05, 0.1) is 0 Å². The standard InChI is InChI=1S/C4H9.HI.Mn/c1-4(2)3;;/h4H,1H2,2-3H3;1H;/q-1;;+2/p-1. The van der Waals surface area contributed by atoms with Crippen LogP contribution in [0.4, 0.5) is 0 Å². The maximum absolute atomic E-state index is 3.64. The van der Waals surface area contributed by atoms with E-state index in [2.05, 4.69) is 33.5 Å². The fourth-order valence-electron chi connectivity index (χ4n) is 0. The molecule has 0 saturated carbocycles. The maximum atomic E-state index is 3.64. The molecule has 0 heterocycles. The summed E-state index contributed by atoms with van der Waals surface area (Å²) in [6.45, 7) is 7.75. The number of rotatable bonds is 0. The zero-order valence-electron chi connectivity index (χ0n) is 4.04. The molecular weight excluding hydrogens is 230 g/mol. The van der Waals surface area contributed by atoms with Gasteiger partial charge in [0.2, 0.25) is 0 Å². The van der Waals surface area contributed by atoms with Gasteiger partial charge >= 0.3 is 33.1 Å². The topological polar surface area (TPSA) is 0 Å². The molecular formula is C4H9IMn. The minimum absolute atomic E-state index is 0.583. The number of halogens is 1. The number of hydrogen-bond donors (Lipinski definition) is 0. The molecule has 0 aromatic carbocycles. The van der Waals surface area contributed by atoms with Crippen molar-refractivity contribution in [3.63, 3.8) is 0 Å². The van der Waals surface area contributed by atoms with Gasteiger partial charge in [-0.05, 0) is 0 Å². The van der Waals surface area contributed by atoms with Gasteiger partial charge in [0.1, 0.15) is 0 Å². The second-order valence-corrected chi connectivity index (χ2v) is 1.39. The first-order valence-electron chi connectivity index (χ1n) is 1.71. The molecule has 0 saturated heterocycles. The van der Waals surface area contributed by atoms with Crippen molar-refractivity contribution in [2.75, 3.05) is 0 Å². The zero-order chi connectivity index (χ0) is 5.58. The molecule has 0 aliphatic heterocycles. The molecule has 0 aliphatic rings. The summed E-state index contributed by atoms with van der Waals surface area (Å²) in [5, 5.41) is 0. The Bertz CT molecular complexity index is 12.3. The molecule has 0 radical (unpaired) electrons. The summed E-state index contributed by atoms with van der Waals surface area (Å²) in [5.74, 6) is 0.583. The van der Waals surface area contributed by atoms with E-state index in [1.54, 1.807) is 0 Å². The predicted molar refractivity (Wildman–Crippen MR) is 34.2 cm³/mol. The van der Waals surface area contributed by atoms with Crippen LogP contribution in [0.3, 0.4) is 0 Å². The molecule has 0 aromatic rings. The molecule has 2 heteroatoms. The zero-order valence-corrected chi connectivity index (χ0v) is 7.38. The first-order chi connectivity index (χ1) is 2.73. The molecule has 0 rings (SSSR count). The van der Waals surface area contributed by atoms with Crippen LogP contribution in [0, 0.1) is 12.8 Å². The molecule has 0 amide bonds. The van der Waals surface area contributed by atoms with E-state index in [1.807, 2.05) is 20.3 Å². The van der Waals surface area contributed by atoms with Gasteiger partial charge in [-0.25, -0.2) is 0 Å². The van der Waals surface area contributed by atoms with Gasteiger partial charge in [-0.15, -0.1) is 0 Å². The summed E-state index contributed by atoms with van der Waals surface area (Å²) in [4.78, 5) is 0. The second-order valence-electron chi connectivity index (χ2n) is 1.39. The van der Waals surface area contributed by atoms with E-state index < -0.39 is 0 Å². The molecule has 0 aliphatic carbocycles. The average Bonchev–Trinajstić information content (AvgIpc) is 1.41. The molecule has 0 bridgehead atoms. The van der Waals surface area contributed by atoms with Crippen molar-refractivity contribution in [2.24, 2.45) is 5.92 Å². The Hall–Kier alpha value is 1.25. The van der Waals surface area contributed by atoms with E-state index in [0.717, 1.165) is 0 Å². The Morgan fingerprint density at radius 2 is 1.50 bits per heavy atom.